The number of benzene rings is 2. The summed E-state index contributed by atoms with van der Waals surface area (Å²) in [6, 6.07) is 17.7. The van der Waals surface area contributed by atoms with Crippen molar-refractivity contribution >= 4 is 12.1 Å². The second-order valence-corrected chi connectivity index (χ2v) is 11.7. The minimum absolute atomic E-state index is 0. The molecule has 5 rings (SSSR count). The molecule has 38 heavy (non-hydrogen) atoms. The van der Waals surface area contributed by atoms with Crippen LogP contribution in [0.4, 0.5) is 4.79 Å². The van der Waals surface area contributed by atoms with E-state index in [4.69, 9.17) is 9.47 Å². The number of hydrogen-bond acceptors (Lipinski definition) is 5. The standard InChI is InChI=1S/C30H41N2O5.ClH/c1-6-19-32-20-17-23(18-21-32)29(22-32,31(5)27(34)37-28(2,3)4)36-26(33)30(35,24-13-9-7-10-14-24)25-15-11-8-12-16-25;/h7-16,23,35H,6,17-22H2,1-5H3;1H/q+1;/p-1. The van der Waals surface area contributed by atoms with E-state index in [2.05, 4.69) is 6.92 Å². The van der Waals surface area contributed by atoms with Crippen molar-refractivity contribution in [3.05, 3.63) is 71.8 Å². The van der Waals surface area contributed by atoms with Gasteiger partial charge in [-0.2, -0.15) is 0 Å². The molecule has 3 aliphatic heterocycles. The van der Waals surface area contributed by atoms with Crippen LogP contribution < -0.4 is 12.4 Å². The summed E-state index contributed by atoms with van der Waals surface area (Å²) in [5.41, 5.74) is -3.14. The SMILES string of the molecule is CCC[N+]12CCC(CC1)C(OC(=O)C(O)(c1ccccc1)c1ccccc1)(N(C)C(=O)OC(C)(C)C)C2.[Cl-]. The summed E-state index contributed by atoms with van der Waals surface area (Å²) in [6.45, 7) is 11.0. The second kappa shape index (κ2) is 11.2. The Bertz CT molecular complexity index is 1050. The summed E-state index contributed by atoms with van der Waals surface area (Å²) in [4.78, 5) is 29.1. The Kier molecular flexibility index (Phi) is 8.86. The average molecular weight is 545 g/mol. The highest BCUT2D eigenvalue weighted by Crippen LogP contribution is 2.46. The molecule has 208 valence electrons. The van der Waals surface area contributed by atoms with Gasteiger partial charge in [0.2, 0.25) is 11.3 Å². The third-order valence-electron chi connectivity index (χ3n) is 7.98. The zero-order valence-electron chi connectivity index (χ0n) is 23.2. The van der Waals surface area contributed by atoms with Crippen molar-refractivity contribution in [2.45, 2.75) is 63.9 Å². The molecular weight excluding hydrogens is 504 g/mol. The highest BCUT2D eigenvalue weighted by Gasteiger charge is 2.63. The van der Waals surface area contributed by atoms with Crippen LogP contribution in [0, 0.1) is 5.92 Å². The Balaban J connectivity index is 0.00000400. The van der Waals surface area contributed by atoms with Crippen molar-refractivity contribution in [1.82, 2.24) is 4.90 Å². The molecule has 7 nitrogen and oxygen atoms in total. The Morgan fingerprint density at radius 1 is 1.00 bits per heavy atom. The molecule has 3 aliphatic rings. The summed E-state index contributed by atoms with van der Waals surface area (Å²) in [6.07, 6.45) is 2.11. The number of rotatable bonds is 7. The van der Waals surface area contributed by atoms with Crippen molar-refractivity contribution in [3.63, 3.8) is 0 Å². The molecule has 2 aromatic rings. The number of nitrogens with zero attached hydrogens (tertiary/aromatic N) is 2. The van der Waals surface area contributed by atoms with E-state index in [1.54, 1.807) is 55.6 Å². The minimum Gasteiger partial charge on any atom is -1.00 e. The van der Waals surface area contributed by atoms with Gasteiger partial charge in [-0.1, -0.05) is 67.6 Å². The van der Waals surface area contributed by atoms with E-state index in [1.165, 1.54) is 4.90 Å². The highest BCUT2D eigenvalue weighted by atomic mass is 35.5. The molecule has 3 fully saturated rings. The predicted molar refractivity (Wildman–Crippen MR) is 141 cm³/mol. The molecule has 1 amide bonds. The molecule has 1 atom stereocenters. The van der Waals surface area contributed by atoms with Crippen LogP contribution in [0.2, 0.25) is 0 Å². The molecule has 2 bridgehead atoms. The smallest absolute Gasteiger partial charge is 0.413 e. The minimum atomic E-state index is -2.04. The van der Waals surface area contributed by atoms with E-state index in [0.717, 1.165) is 43.4 Å². The normalized spacial score (nSPS) is 24.7. The molecule has 0 radical (unpaired) electrons. The number of ether oxygens (including phenoxy) is 2. The molecule has 3 heterocycles. The maximum Gasteiger partial charge on any atom is 0.413 e. The topological polar surface area (TPSA) is 76.1 Å². The van der Waals surface area contributed by atoms with Crippen LogP contribution in [0.5, 0.6) is 0 Å². The summed E-state index contributed by atoms with van der Waals surface area (Å²) in [5.74, 6) is -0.842. The largest absolute Gasteiger partial charge is 1.00 e. The fraction of sp³-hybridized carbons (Fsp3) is 0.533. The van der Waals surface area contributed by atoms with Crippen molar-refractivity contribution in [2.24, 2.45) is 5.92 Å². The van der Waals surface area contributed by atoms with Gasteiger partial charge in [-0.3, -0.25) is 4.90 Å². The maximum atomic E-state index is 14.2. The molecular formula is C30H41ClN2O5. The molecule has 0 spiro atoms. The van der Waals surface area contributed by atoms with Gasteiger partial charge >= 0.3 is 12.1 Å². The fourth-order valence-corrected chi connectivity index (χ4v) is 6.16. The third-order valence-corrected chi connectivity index (χ3v) is 7.98. The van der Waals surface area contributed by atoms with Crippen LogP contribution in [0.1, 0.15) is 58.1 Å². The average Bonchev–Trinajstić information content (AvgIpc) is 2.88. The van der Waals surface area contributed by atoms with Gasteiger partial charge in [-0.25, -0.2) is 9.59 Å². The first-order valence-corrected chi connectivity index (χ1v) is 13.3. The van der Waals surface area contributed by atoms with Crippen LogP contribution >= 0.6 is 0 Å². The Morgan fingerprint density at radius 2 is 1.50 bits per heavy atom. The van der Waals surface area contributed by atoms with Gasteiger partial charge in [-0.15, -0.1) is 0 Å². The number of halogens is 1. The number of carbonyl (C=O) groups excluding carboxylic acids is 2. The number of fused-ring (bicyclic) bond motifs is 3. The zero-order valence-corrected chi connectivity index (χ0v) is 23.9. The number of aliphatic hydroxyl groups is 1. The Hall–Kier alpha value is -2.61. The highest BCUT2D eigenvalue weighted by molar-refractivity contribution is 5.86. The number of hydrogen-bond donors (Lipinski definition) is 1. The van der Waals surface area contributed by atoms with Crippen molar-refractivity contribution in [1.29, 1.82) is 0 Å². The van der Waals surface area contributed by atoms with Crippen LogP contribution in [0.15, 0.2) is 60.7 Å². The van der Waals surface area contributed by atoms with E-state index in [0.29, 0.717) is 17.7 Å². The zero-order chi connectivity index (χ0) is 26.9. The van der Waals surface area contributed by atoms with Crippen molar-refractivity contribution in [2.75, 3.05) is 33.2 Å². The molecule has 1 unspecified atom stereocenters. The first kappa shape index (κ1) is 29.9. The van der Waals surface area contributed by atoms with Crippen LogP contribution in [0.3, 0.4) is 0 Å². The number of piperidine rings is 3. The van der Waals surface area contributed by atoms with E-state index < -0.39 is 29.0 Å². The predicted octanol–water partition coefficient (Wildman–Crippen LogP) is 1.68. The van der Waals surface area contributed by atoms with E-state index in [9.17, 15) is 14.7 Å². The number of likely N-dealkylation sites (N-methyl/N-ethyl adjacent to an activating group) is 1. The second-order valence-electron chi connectivity index (χ2n) is 11.7. The number of esters is 1. The molecule has 1 N–H and O–H groups in total. The summed E-state index contributed by atoms with van der Waals surface area (Å²) >= 11 is 0. The van der Waals surface area contributed by atoms with Gasteiger partial charge in [0.25, 0.3) is 0 Å². The summed E-state index contributed by atoms with van der Waals surface area (Å²) in [5, 5.41) is 12.1. The summed E-state index contributed by atoms with van der Waals surface area (Å²) in [7, 11) is 1.66. The monoisotopic (exact) mass is 544 g/mol. The lowest BCUT2D eigenvalue weighted by molar-refractivity contribution is -0.952. The van der Waals surface area contributed by atoms with Crippen LogP contribution in [-0.2, 0) is 19.9 Å². The molecule has 8 heteroatoms. The lowest BCUT2D eigenvalue weighted by Crippen LogP contribution is -3.00. The van der Waals surface area contributed by atoms with Crippen LogP contribution in [0.25, 0.3) is 0 Å². The number of quaternary nitrogens is 1. The van der Waals surface area contributed by atoms with E-state index in [-0.39, 0.29) is 18.3 Å². The van der Waals surface area contributed by atoms with Gasteiger partial charge in [0.15, 0.2) is 0 Å². The molecule has 0 aromatic heterocycles. The number of carbonyl (C=O) groups is 2. The van der Waals surface area contributed by atoms with E-state index >= 15 is 0 Å². The maximum absolute atomic E-state index is 14.2. The van der Waals surface area contributed by atoms with Crippen molar-refractivity contribution in [3.8, 4) is 0 Å². The first-order chi connectivity index (χ1) is 17.5. The lowest BCUT2D eigenvalue weighted by Gasteiger charge is -2.59. The quantitative estimate of drug-likeness (QED) is 0.326. The van der Waals surface area contributed by atoms with Gasteiger partial charge in [0, 0.05) is 25.8 Å². The van der Waals surface area contributed by atoms with Crippen LogP contribution in [-0.4, -0.2) is 71.1 Å². The van der Waals surface area contributed by atoms with Gasteiger partial charge < -0.3 is 31.5 Å². The van der Waals surface area contributed by atoms with Crippen molar-refractivity contribution < 1.29 is 41.1 Å². The first-order valence-electron chi connectivity index (χ1n) is 13.3. The Morgan fingerprint density at radius 3 is 1.95 bits per heavy atom. The molecule has 0 saturated carbocycles. The molecule has 0 aliphatic carbocycles. The number of amides is 1. The summed E-state index contributed by atoms with van der Waals surface area (Å²) < 4.78 is 13.0. The molecule has 2 aromatic carbocycles. The fourth-order valence-electron chi connectivity index (χ4n) is 6.16. The third kappa shape index (κ3) is 5.56. The Labute approximate surface area is 232 Å². The molecule has 3 saturated heterocycles. The van der Waals surface area contributed by atoms with Gasteiger partial charge in [-0.05, 0) is 38.3 Å². The van der Waals surface area contributed by atoms with Gasteiger partial charge in [0.05, 0.1) is 19.6 Å². The van der Waals surface area contributed by atoms with Gasteiger partial charge in [0.1, 0.15) is 12.1 Å². The van der Waals surface area contributed by atoms with E-state index in [1.807, 2.05) is 32.9 Å². The lowest BCUT2D eigenvalue weighted by atomic mass is 9.77.